The number of carbonyl (C=O) groups excluding carboxylic acids is 1. The Morgan fingerprint density at radius 2 is 1.81 bits per heavy atom. The number of nitrogens with zero attached hydrogens (tertiary/aromatic N) is 3. The summed E-state index contributed by atoms with van der Waals surface area (Å²) in [7, 11) is 0. The van der Waals surface area contributed by atoms with Gasteiger partial charge in [-0.25, -0.2) is 9.07 Å². The summed E-state index contributed by atoms with van der Waals surface area (Å²) in [4.78, 5) is 14.6. The van der Waals surface area contributed by atoms with Crippen molar-refractivity contribution in [3.63, 3.8) is 0 Å². The van der Waals surface area contributed by atoms with Crippen LogP contribution in [-0.4, -0.2) is 45.2 Å². The molecule has 8 nitrogen and oxygen atoms in total. The fourth-order valence-corrected chi connectivity index (χ4v) is 4.78. The van der Waals surface area contributed by atoms with Crippen molar-refractivity contribution in [1.29, 1.82) is 0 Å². The number of ether oxygens (including phenoxy) is 1. The van der Waals surface area contributed by atoms with Crippen LogP contribution in [0.4, 0.5) is 15.8 Å². The van der Waals surface area contributed by atoms with Crippen LogP contribution in [0.15, 0.2) is 72.9 Å². The highest BCUT2D eigenvalue weighted by molar-refractivity contribution is 6.30. The number of amides is 1. The van der Waals surface area contributed by atoms with Crippen LogP contribution in [-0.2, 0) is 16.0 Å². The topological polar surface area (TPSA) is 91.7 Å². The molecule has 2 aliphatic heterocycles. The normalized spacial score (nSPS) is 18.6. The van der Waals surface area contributed by atoms with Gasteiger partial charge in [-0.05, 0) is 72.6 Å². The second-order valence-electron chi connectivity index (χ2n) is 8.93. The van der Waals surface area contributed by atoms with E-state index in [0.717, 1.165) is 22.6 Å². The lowest BCUT2D eigenvalue weighted by Gasteiger charge is -2.23. The molecule has 2 unspecified atom stereocenters. The SMILES string of the molecule is O=C1COC(c2cn(-c3ccc(Cl)cc3)nc2-c2ccc(F)cc2)N1CCc1ccc2c(c1)NC(O)N2. The zero-order valence-electron chi connectivity index (χ0n) is 19.6. The van der Waals surface area contributed by atoms with Gasteiger partial charge < -0.3 is 25.4 Å². The predicted molar refractivity (Wildman–Crippen MR) is 138 cm³/mol. The van der Waals surface area contributed by atoms with Crippen molar-refractivity contribution in [2.75, 3.05) is 23.8 Å². The van der Waals surface area contributed by atoms with Gasteiger partial charge in [0.05, 0.1) is 17.1 Å². The van der Waals surface area contributed by atoms with E-state index in [2.05, 4.69) is 10.6 Å². The molecule has 37 heavy (non-hydrogen) atoms. The van der Waals surface area contributed by atoms with Crippen molar-refractivity contribution < 1.29 is 19.0 Å². The number of aliphatic hydroxyl groups is 1. The van der Waals surface area contributed by atoms with Gasteiger partial charge >= 0.3 is 0 Å². The minimum atomic E-state index is -0.815. The molecule has 188 valence electrons. The summed E-state index contributed by atoms with van der Waals surface area (Å²) in [5.41, 5.74) is 5.45. The molecule has 6 rings (SSSR count). The summed E-state index contributed by atoms with van der Waals surface area (Å²) in [6.45, 7) is 0.384. The molecule has 2 aliphatic rings. The van der Waals surface area contributed by atoms with Crippen LogP contribution in [0.2, 0.25) is 5.02 Å². The Morgan fingerprint density at radius 3 is 2.59 bits per heavy atom. The number of benzene rings is 3. The third-order valence-electron chi connectivity index (χ3n) is 6.50. The summed E-state index contributed by atoms with van der Waals surface area (Å²) >= 11 is 6.06. The Balaban J connectivity index is 1.32. The third-order valence-corrected chi connectivity index (χ3v) is 6.75. The number of carbonyl (C=O) groups is 1. The molecule has 0 aliphatic carbocycles. The molecule has 0 saturated carbocycles. The first-order valence-corrected chi connectivity index (χ1v) is 12.2. The first kappa shape index (κ1) is 23.5. The highest BCUT2D eigenvalue weighted by Gasteiger charge is 2.36. The number of aromatic nitrogens is 2. The van der Waals surface area contributed by atoms with E-state index < -0.39 is 12.6 Å². The van der Waals surface area contributed by atoms with Crippen LogP contribution in [0, 0.1) is 5.82 Å². The molecular formula is C27H23ClFN5O3. The van der Waals surface area contributed by atoms with Crippen molar-refractivity contribution >= 4 is 28.9 Å². The monoisotopic (exact) mass is 519 g/mol. The molecule has 10 heteroatoms. The average molecular weight is 520 g/mol. The third kappa shape index (κ3) is 4.64. The predicted octanol–water partition coefficient (Wildman–Crippen LogP) is 4.55. The van der Waals surface area contributed by atoms with Gasteiger partial charge in [0.1, 0.15) is 18.1 Å². The summed E-state index contributed by atoms with van der Waals surface area (Å²) in [6, 6.07) is 19.1. The maximum absolute atomic E-state index is 13.7. The number of hydrogen-bond donors (Lipinski definition) is 3. The maximum atomic E-state index is 13.7. The molecule has 1 amide bonds. The second kappa shape index (κ2) is 9.51. The molecule has 0 spiro atoms. The molecular weight excluding hydrogens is 497 g/mol. The van der Waals surface area contributed by atoms with Gasteiger partial charge in [0.25, 0.3) is 5.91 Å². The van der Waals surface area contributed by atoms with Gasteiger partial charge in [-0.15, -0.1) is 0 Å². The van der Waals surface area contributed by atoms with E-state index in [1.54, 1.807) is 33.8 Å². The van der Waals surface area contributed by atoms with Crippen molar-refractivity contribution in [1.82, 2.24) is 14.7 Å². The fraction of sp³-hybridized carbons (Fsp3) is 0.185. The first-order chi connectivity index (χ1) is 17.9. The van der Waals surface area contributed by atoms with E-state index in [9.17, 15) is 14.3 Å². The zero-order valence-corrected chi connectivity index (χ0v) is 20.3. The van der Waals surface area contributed by atoms with Crippen LogP contribution in [0.3, 0.4) is 0 Å². The van der Waals surface area contributed by atoms with E-state index in [-0.39, 0.29) is 18.3 Å². The standard InChI is InChI=1S/C27H23ClFN5O3/c28-18-4-8-20(9-5-18)34-14-21(25(32-34)17-2-6-19(29)7-3-17)26-33(24(35)15-37-26)12-11-16-1-10-22-23(13-16)31-27(36)30-22/h1-10,13-14,26-27,30-31,36H,11-12,15H2. The number of fused-ring (bicyclic) bond motifs is 1. The lowest BCUT2D eigenvalue weighted by Crippen LogP contribution is -2.30. The van der Waals surface area contributed by atoms with Gasteiger partial charge in [0.15, 0.2) is 6.23 Å². The van der Waals surface area contributed by atoms with Crippen LogP contribution < -0.4 is 10.6 Å². The Morgan fingerprint density at radius 1 is 1.05 bits per heavy atom. The zero-order chi connectivity index (χ0) is 25.5. The van der Waals surface area contributed by atoms with Crippen molar-refractivity contribution in [3.8, 4) is 16.9 Å². The smallest absolute Gasteiger partial charge is 0.250 e. The second-order valence-corrected chi connectivity index (χ2v) is 9.37. The number of hydrogen-bond acceptors (Lipinski definition) is 6. The van der Waals surface area contributed by atoms with E-state index in [1.165, 1.54) is 12.1 Å². The molecule has 0 radical (unpaired) electrons. The van der Waals surface area contributed by atoms with Crippen LogP contribution in [0.1, 0.15) is 17.4 Å². The van der Waals surface area contributed by atoms with E-state index in [1.807, 2.05) is 36.5 Å². The van der Waals surface area contributed by atoms with Crippen LogP contribution >= 0.6 is 11.6 Å². The first-order valence-electron chi connectivity index (χ1n) is 11.8. The molecule has 4 aromatic rings. The van der Waals surface area contributed by atoms with E-state index in [0.29, 0.717) is 34.8 Å². The largest absolute Gasteiger partial charge is 0.357 e. The molecule has 1 saturated heterocycles. The van der Waals surface area contributed by atoms with Crippen LogP contribution in [0.25, 0.3) is 16.9 Å². The van der Waals surface area contributed by atoms with Gasteiger partial charge in [-0.3, -0.25) is 4.79 Å². The Hall–Kier alpha value is -3.92. The van der Waals surface area contributed by atoms with Gasteiger partial charge in [0.2, 0.25) is 6.35 Å². The molecule has 0 bridgehead atoms. The number of rotatable bonds is 6. The number of nitrogens with one attached hydrogen (secondary N) is 2. The van der Waals surface area contributed by atoms with E-state index in [4.69, 9.17) is 21.4 Å². The molecule has 3 aromatic carbocycles. The Kier molecular flexibility index (Phi) is 6.03. The molecule has 3 heterocycles. The van der Waals surface area contributed by atoms with Gasteiger partial charge in [-0.2, -0.15) is 5.10 Å². The maximum Gasteiger partial charge on any atom is 0.250 e. The van der Waals surface area contributed by atoms with Gasteiger partial charge in [-0.1, -0.05) is 17.7 Å². The quantitative estimate of drug-likeness (QED) is 0.346. The average Bonchev–Trinajstić information content (AvgIpc) is 3.59. The fourth-order valence-electron chi connectivity index (χ4n) is 4.65. The number of anilines is 2. The minimum Gasteiger partial charge on any atom is -0.357 e. The number of aliphatic hydroxyl groups excluding tert-OH is 1. The summed E-state index contributed by atoms with van der Waals surface area (Å²) in [5.74, 6) is -0.464. The van der Waals surface area contributed by atoms with Crippen molar-refractivity contribution in [3.05, 3.63) is 94.9 Å². The van der Waals surface area contributed by atoms with Crippen molar-refractivity contribution in [2.24, 2.45) is 0 Å². The molecule has 3 N–H and O–H groups in total. The van der Waals surface area contributed by atoms with E-state index >= 15 is 0 Å². The summed E-state index contributed by atoms with van der Waals surface area (Å²) in [6.07, 6.45) is 0.966. The molecule has 1 fully saturated rings. The Bertz CT molecular complexity index is 1460. The summed E-state index contributed by atoms with van der Waals surface area (Å²) in [5, 5.41) is 21.0. The van der Waals surface area contributed by atoms with Crippen LogP contribution in [0.5, 0.6) is 0 Å². The molecule has 2 atom stereocenters. The molecule has 1 aromatic heterocycles. The highest BCUT2D eigenvalue weighted by Crippen LogP contribution is 2.36. The summed E-state index contributed by atoms with van der Waals surface area (Å²) < 4.78 is 21.3. The highest BCUT2D eigenvalue weighted by atomic mass is 35.5. The van der Waals surface area contributed by atoms with Crippen molar-refractivity contribution in [2.45, 2.75) is 19.0 Å². The number of halogens is 2. The lowest BCUT2D eigenvalue weighted by molar-refractivity contribution is -0.128. The lowest BCUT2D eigenvalue weighted by atomic mass is 10.1. The Labute approximate surface area is 217 Å². The minimum absolute atomic E-state index is 0.0402. The van der Waals surface area contributed by atoms with Gasteiger partial charge in [0, 0.05) is 28.9 Å².